The second-order valence-corrected chi connectivity index (χ2v) is 18.4. The Morgan fingerprint density at radius 3 is 1.43 bits per heavy atom. The molecule has 3 aromatic carbocycles. The predicted molar refractivity (Wildman–Crippen MR) is 289 cm³/mol. The highest BCUT2D eigenvalue weighted by Gasteiger charge is 2.31. The van der Waals surface area contributed by atoms with E-state index in [4.69, 9.17) is 29.4 Å². The maximum absolute atomic E-state index is 12.1. The standard InChI is InChI=1S/C18H28N2O3.C13H20N2O.C9H17NO3.C9H13NO.2CH4.2ClH.H2S/c1-13(14-7-6-8-16(11-14)22-5)19-15-9-10-20(12-15)17(21)23-18(2,3)4;1-10(15-12-6-7-14-9-12)11-4-3-5-13(8-11)16-2;1-9(2,3)13-8(12)10-5-4-7(11)6-10;1-7(10)8-4-3-5-9(6-8)11-2;;;;;/h6-8,11,13,15,19H,9-10,12H2,1-5H3;3-5,8,10,12,14-15H,6-7,9H2,1-2H3;7,11H,4-6H2,1-3H3;3-7H,10H2,1-2H3;2*1H4;2*1H;1H2/t13-,15?;10-,12-;2*7-;;;;;/m1101...../s1. The van der Waals surface area contributed by atoms with Gasteiger partial charge in [0.05, 0.1) is 27.4 Å². The number of nitrogens with zero attached hydrogens (tertiary/aromatic N) is 2. The molecular formula is C51H90Cl2N6O8S. The van der Waals surface area contributed by atoms with Crippen molar-refractivity contribution in [3.05, 3.63) is 89.5 Å². The van der Waals surface area contributed by atoms with E-state index in [-0.39, 0.29) is 89.6 Å². The van der Waals surface area contributed by atoms with Crippen LogP contribution in [0.2, 0.25) is 0 Å². The number of aliphatic hydroxyl groups is 1. The number of nitrogens with two attached hydrogens (primary N) is 1. The molecule has 17 heteroatoms. The molecule has 14 nitrogen and oxygen atoms in total. The van der Waals surface area contributed by atoms with Crippen molar-refractivity contribution in [2.24, 2.45) is 5.73 Å². The minimum Gasteiger partial charge on any atom is -0.497 e. The number of ether oxygens (including phenoxy) is 5. The van der Waals surface area contributed by atoms with Crippen molar-refractivity contribution >= 4 is 50.5 Å². The molecule has 3 aliphatic heterocycles. The van der Waals surface area contributed by atoms with Gasteiger partial charge in [0.2, 0.25) is 0 Å². The third-order valence-corrected chi connectivity index (χ3v) is 10.5. The number of carbonyl (C=O) groups excluding carboxylic acids is 2. The van der Waals surface area contributed by atoms with Gasteiger partial charge >= 0.3 is 12.2 Å². The van der Waals surface area contributed by atoms with E-state index in [2.05, 4.69) is 48.0 Å². The monoisotopic (exact) mass is 1020 g/mol. The van der Waals surface area contributed by atoms with E-state index >= 15 is 0 Å². The van der Waals surface area contributed by atoms with Crippen LogP contribution in [0.3, 0.4) is 0 Å². The molecule has 6 N–H and O–H groups in total. The average molecular weight is 1020 g/mol. The molecule has 3 saturated heterocycles. The van der Waals surface area contributed by atoms with Gasteiger partial charge in [-0.25, -0.2) is 9.59 Å². The first kappa shape index (κ1) is 68.6. The quantitative estimate of drug-likeness (QED) is 0.131. The molecule has 68 heavy (non-hydrogen) atoms. The largest absolute Gasteiger partial charge is 0.497 e. The Hall–Kier alpha value is -3.67. The number of methoxy groups -OCH3 is 3. The first-order valence-electron chi connectivity index (χ1n) is 22.2. The summed E-state index contributed by atoms with van der Waals surface area (Å²) in [6.45, 7) is 22.1. The molecule has 6 rings (SSSR count). The van der Waals surface area contributed by atoms with Crippen molar-refractivity contribution in [1.29, 1.82) is 0 Å². The van der Waals surface area contributed by atoms with Crippen LogP contribution < -0.4 is 35.9 Å². The molecular weight excluding hydrogens is 928 g/mol. The minimum absolute atomic E-state index is 0. The Balaban J connectivity index is -0.000000838. The second kappa shape index (κ2) is 33.8. The zero-order valence-electron chi connectivity index (χ0n) is 41.3. The predicted octanol–water partition coefficient (Wildman–Crippen LogP) is 9.99. The van der Waals surface area contributed by atoms with Gasteiger partial charge in [-0.1, -0.05) is 51.3 Å². The summed E-state index contributed by atoms with van der Waals surface area (Å²) in [5.41, 5.74) is 8.35. The van der Waals surface area contributed by atoms with Crippen LogP contribution in [0.25, 0.3) is 0 Å². The molecule has 3 heterocycles. The van der Waals surface area contributed by atoms with Gasteiger partial charge in [-0.05, 0) is 141 Å². The van der Waals surface area contributed by atoms with E-state index < -0.39 is 11.2 Å². The summed E-state index contributed by atoms with van der Waals surface area (Å²) >= 11 is 0. The summed E-state index contributed by atoms with van der Waals surface area (Å²) in [6.07, 6.45) is 1.87. The molecule has 392 valence electrons. The third kappa shape index (κ3) is 25.8. The van der Waals surface area contributed by atoms with Crippen LogP contribution in [-0.4, -0.2) is 117 Å². The number of carbonyl (C=O) groups is 2. The van der Waals surface area contributed by atoms with Crippen molar-refractivity contribution in [2.75, 3.05) is 60.6 Å². The van der Waals surface area contributed by atoms with E-state index in [1.807, 2.05) is 103 Å². The van der Waals surface area contributed by atoms with Crippen LogP contribution in [0.1, 0.15) is 131 Å². The van der Waals surface area contributed by atoms with Gasteiger partial charge in [-0.15, -0.1) is 24.8 Å². The SMILES string of the molecule is C.C.CC(C)(C)OC(=O)N1CC[C@H](O)C1.COc1cccc([C@@H](C)N)c1.COc1cccc([C@@H](C)NC2CCN(C(=O)OC(C)(C)C)C2)c1.COc1cccc([C@@H](C)N[C@@H]2CCNC2)c1.Cl.Cl.S. The number of likely N-dealkylation sites (tertiary alicyclic amines) is 2. The number of halogens is 2. The summed E-state index contributed by atoms with van der Waals surface area (Å²) in [5.74, 6) is 2.65. The lowest BCUT2D eigenvalue weighted by atomic mass is 10.1. The molecule has 3 aliphatic rings. The first-order chi connectivity index (χ1) is 29.7. The highest BCUT2D eigenvalue weighted by Crippen LogP contribution is 2.23. The number of rotatable bonds is 10. The van der Waals surface area contributed by atoms with Crippen LogP contribution >= 0.6 is 38.3 Å². The van der Waals surface area contributed by atoms with E-state index in [0.717, 1.165) is 48.9 Å². The zero-order chi connectivity index (χ0) is 46.7. The Kier molecular flexibility index (Phi) is 34.1. The summed E-state index contributed by atoms with van der Waals surface area (Å²) in [4.78, 5) is 26.8. The van der Waals surface area contributed by atoms with Crippen LogP contribution in [0, 0.1) is 0 Å². The Bertz CT molecular complexity index is 1830. The van der Waals surface area contributed by atoms with Crippen molar-refractivity contribution in [2.45, 2.75) is 144 Å². The van der Waals surface area contributed by atoms with Crippen LogP contribution in [0.5, 0.6) is 17.2 Å². The van der Waals surface area contributed by atoms with Crippen molar-refractivity contribution < 1.29 is 38.4 Å². The van der Waals surface area contributed by atoms with Crippen molar-refractivity contribution in [3.8, 4) is 17.2 Å². The normalized spacial score (nSPS) is 18.3. The number of hydrogen-bond donors (Lipinski definition) is 5. The minimum atomic E-state index is -0.454. The number of benzene rings is 3. The number of amides is 2. The van der Waals surface area contributed by atoms with E-state index in [1.54, 1.807) is 26.2 Å². The van der Waals surface area contributed by atoms with E-state index in [0.29, 0.717) is 38.1 Å². The van der Waals surface area contributed by atoms with Gasteiger partial charge in [0.25, 0.3) is 0 Å². The van der Waals surface area contributed by atoms with Gasteiger partial charge in [-0.2, -0.15) is 13.5 Å². The van der Waals surface area contributed by atoms with Crippen LogP contribution in [0.4, 0.5) is 9.59 Å². The second-order valence-electron chi connectivity index (χ2n) is 18.4. The third-order valence-electron chi connectivity index (χ3n) is 10.5. The van der Waals surface area contributed by atoms with E-state index in [1.165, 1.54) is 22.4 Å². The molecule has 6 atom stereocenters. The van der Waals surface area contributed by atoms with Gasteiger partial charge in [0, 0.05) is 62.9 Å². The molecule has 1 unspecified atom stereocenters. The highest BCUT2D eigenvalue weighted by atomic mass is 35.5. The number of nitrogens with one attached hydrogen (secondary N) is 3. The fourth-order valence-corrected chi connectivity index (χ4v) is 7.07. The van der Waals surface area contributed by atoms with Gasteiger partial charge < -0.3 is 60.3 Å². The number of β-amino-alcohol motifs (C(OH)–C–C–N with tert-alkyl or cyclic N) is 1. The lowest BCUT2D eigenvalue weighted by Gasteiger charge is -2.25. The molecule has 0 aromatic heterocycles. The molecule has 3 fully saturated rings. The van der Waals surface area contributed by atoms with Gasteiger partial charge in [-0.3, -0.25) is 0 Å². The number of hydrogen-bond acceptors (Lipinski definition) is 12. The highest BCUT2D eigenvalue weighted by molar-refractivity contribution is 7.59. The Morgan fingerprint density at radius 2 is 1.06 bits per heavy atom. The smallest absolute Gasteiger partial charge is 0.410 e. The topological polar surface area (TPSA) is 169 Å². The molecule has 0 spiro atoms. The molecule has 0 aliphatic carbocycles. The van der Waals surface area contributed by atoms with Crippen molar-refractivity contribution in [3.63, 3.8) is 0 Å². The Labute approximate surface area is 429 Å². The maximum Gasteiger partial charge on any atom is 0.410 e. The first-order valence-corrected chi connectivity index (χ1v) is 22.2. The molecule has 3 aromatic rings. The fourth-order valence-electron chi connectivity index (χ4n) is 7.07. The summed E-state index contributed by atoms with van der Waals surface area (Å²) < 4.78 is 26.1. The van der Waals surface area contributed by atoms with E-state index in [9.17, 15) is 14.7 Å². The molecule has 0 radical (unpaired) electrons. The average Bonchev–Trinajstić information content (AvgIpc) is 4.04. The lowest BCUT2D eigenvalue weighted by molar-refractivity contribution is 0.0266. The molecule has 0 bridgehead atoms. The van der Waals surface area contributed by atoms with Crippen LogP contribution in [0.15, 0.2) is 72.8 Å². The summed E-state index contributed by atoms with van der Waals surface area (Å²) in [6, 6.07) is 25.6. The van der Waals surface area contributed by atoms with Gasteiger partial charge in [0.1, 0.15) is 28.5 Å². The molecule has 0 saturated carbocycles. The Morgan fingerprint density at radius 1 is 0.662 bits per heavy atom. The maximum atomic E-state index is 12.1. The van der Waals surface area contributed by atoms with Gasteiger partial charge in [0.15, 0.2) is 0 Å². The van der Waals surface area contributed by atoms with Crippen LogP contribution in [-0.2, 0) is 9.47 Å². The summed E-state index contributed by atoms with van der Waals surface area (Å²) in [5, 5.41) is 19.8. The fraction of sp³-hybridized carbons (Fsp3) is 0.608. The summed E-state index contributed by atoms with van der Waals surface area (Å²) in [7, 11) is 5.03. The zero-order valence-corrected chi connectivity index (χ0v) is 44.0. The van der Waals surface area contributed by atoms with Crippen molar-refractivity contribution in [1.82, 2.24) is 25.8 Å². The molecule has 2 amide bonds. The lowest BCUT2D eigenvalue weighted by Crippen LogP contribution is -2.39. The number of aliphatic hydroxyl groups excluding tert-OH is 1.